The number of methoxy groups -OCH3 is 1. The Labute approximate surface area is 91.9 Å². The summed E-state index contributed by atoms with van der Waals surface area (Å²) in [4.78, 5) is 4.23. The first-order chi connectivity index (χ1) is 7.01. The second-order valence-corrected chi connectivity index (χ2v) is 4.82. The van der Waals surface area contributed by atoms with Crippen molar-refractivity contribution in [1.29, 1.82) is 0 Å². The van der Waals surface area contributed by atoms with Crippen molar-refractivity contribution in [3.05, 3.63) is 18.3 Å². The summed E-state index contributed by atoms with van der Waals surface area (Å²) in [5.41, 5.74) is 0.361. The van der Waals surface area contributed by atoms with Gasteiger partial charge >= 0.3 is 0 Å². The molecule has 1 rings (SSSR count). The molecule has 0 aliphatic carbocycles. The third-order valence-corrected chi connectivity index (χ3v) is 2.15. The van der Waals surface area contributed by atoms with Crippen LogP contribution in [0.3, 0.4) is 0 Å². The molecule has 3 heteroatoms. The zero-order chi connectivity index (χ0) is 11.3. The minimum absolute atomic E-state index is 0.361. The molecule has 0 amide bonds. The molecular formula is C12H20N2O. The molecule has 0 saturated heterocycles. The average molecular weight is 208 g/mol. The summed E-state index contributed by atoms with van der Waals surface area (Å²) < 4.78 is 5.04. The van der Waals surface area contributed by atoms with Gasteiger partial charge in [-0.05, 0) is 24.0 Å². The zero-order valence-electron chi connectivity index (χ0n) is 10.0. The number of nitrogens with one attached hydrogen (secondary N) is 1. The molecule has 0 saturated carbocycles. The highest BCUT2D eigenvalue weighted by Gasteiger charge is 2.08. The van der Waals surface area contributed by atoms with Crippen LogP contribution in [0.2, 0.25) is 0 Å². The Hall–Kier alpha value is -1.25. The molecule has 1 N–H and O–H groups in total. The second-order valence-electron chi connectivity index (χ2n) is 4.82. The smallest absolute Gasteiger partial charge is 0.137 e. The van der Waals surface area contributed by atoms with Crippen LogP contribution in [-0.2, 0) is 0 Å². The number of pyridine rings is 1. The fourth-order valence-electron chi connectivity index (χ4n) is 1.17. The molecule has 0 spiro atoms. The molecule has 0 fully saturated rings. The molecule has 1 aromatic heterocycles. The lowest BCUT2D eigenvalue weighted by atomic mass is 9.92. The van der Waals surface area contributed by atoms with Gasteiger partial charge in [-0.3, -0.25) is 0 Å². The van der Waals surface area contributed by atoms with Crippen LogP contribution in [0.4, 0.5) is 5.82 Å². The lowest BCUT2D eigenvalue weighted by Gasteiger charge is -2.18. The standard InChI is InChI=1S/C12H20N2O/c1-12(2,3)7-8-13-11-6-5-10(15-4)9-14-11/h5-6,9H,7-8H2,1-4H3,(H,13,14). The van der Waals surface area contributed by atoms with Crippen LogP contribution in [0.25, 0.3) is 0 Å². The van der Waals surface area contributed by atoms with Gasteiger partial charge in [-0.15, -0.1) is 0 Å². The Morgan fingerprint density at radius 3 is 2.53 bits per heavy atom. The van der Waals surface area contributed by atoms with E-state index in [2.05, 4.69) is 31.1 Å². The number of rotatable bonds is 4. The Bertz CT molecular complexity index is 287. The second kappa shape index (κ2) is 5.01. The van der Waals surface area contributed by atoms with Gasteiger partial charge in [0.05, 0.1) is 13.3 Å². The first-order valence-electron chi connectivity index (χ1n) is 5.25. The molecule has 0 unspecified atom stereocenters. The Kier molecular flexibility index (Phi) is 3.95. The predicted octanol–water partition coefficient (Wildman–Crippen LogP) is 2.94. The van der Waals surface area contributed by atoms with Crippen molar-refractivity contribution in [2.45, 2.75) is 27.2 Å². The first kappa shape index (κ1) is 11.8. The van der Waals surface area contributed by atoms with Gasteiger partial charge < -0.3 is 10.1 Å². The summed E-state index contributed by atoms with van der Waals surface area (Å²) in [6, 6.07) is 3.84. The van der Waals surface area contributed by atoms with Crippen LogP contribution in [-0.4, -0.2) is 18.6 Å². The highest BCUT2D eigenvalue weighted by molar-refractivity contribution is 5.37. The SMILES string of the molecule is COc1ccc(NCCC(C)(C)C)nc1. The minimum atomic E-state index is 0.361. The van der Waals surface area contributed by atoms with E-state index in [9.17, 15) is 0 Å². The van der Waals surface area contributed by atoms with E-state index < -0.39 is 0 Å². The molecule has 0 bridgehead atoms. The van der Waals surface area contributed by atoms with E-state index in [1.54, 1.807) is 13.3 Å². The Balaban J connectivity index is 2.38. The Morgan fingerprint density at radius 2 is 2.07 bits per heavy atom. The zero-order valence-corrected chi connectivity index (χ0v) is 10.0. The topological polar surface area (TPSA) is 34.1 Å². The summed E-state index contributed by atoms with van der Waals surface area (Å²) in [6.45, 7) is 7.64. The van der Waals surface area contributed by atoms with Gasteiger partial charge in [-0.25, -0.2) is 4.98 Å². The van der Waals surface area contributed by atoms with E-state index in [0.717, 1.165) is 24.5 Å². The molecule has 0 radical (unpaired) electrons. The van der Waals surface area contributed by atoms with Crippen molar-refractivity contribution >= 4 is 5.82 Å². The van der Waals surface area contributed by atoms with Gasteiger partial charge in [0, 0.05) is 6.54 Å². The van der Waals surface area contributed by atoms with Gasteiger partial charge in [0.25, 0.3) is 0 Å². The number of anilines is 1. The molecular weight excluding hydrogens is 188 g/mol. The molecule has 0 aliphatic heterocycles. The fourth-order valence-corrected chi connectivity index (χ4v) is 1.17. The van der Waals surface area contributed by atoms with Gasteiger partial charge in [0.1, 0.15) is 11.6 Å². The van der Waals surface area contributed by atoms with E-state index in [0.29, 0.717) is 5.41 Å². The third-order valence-electron chi connectivity index (χ3n) is 2.15. The van der Waals surface area contributed by atoms with E-state index in [4.69, 9.17) is 4.74 Å². The van der Waals surface area contributed by atoms with Gasteiger partial charge in [0.2, 0.25) is 0 Å². The third kappa shape index (κ3) is 4.68. The van der Waals surface area contributed by atoms with Crippen LogP contribution in [0.15, 0.2) is 18.3 Å². The molecule has 0 atom stereocenters. The summed E-state index contributed by atoms with van der Waals surface area (Å²) >= 11 is 0. The van der Waals surface area contributed by atoms with Crippen molar-refractivity contribution < 1.29 is 4.74 Å². The number of nitrogens with zero attached hydrogens (tertiary/aromatic N) is 1. The molecule has 0 aliphatic rings. The average Bonchev–Trinajstić information content (AvgIpc) is 2.17. The summed E-state index contributed by atoms with van der Waals surface area (Å²) in [7, 11) is 1.64. The summed E-state index contributed by atoms with van der Waals surface area (Å²) in [6.07, 6.45) is 2.85. The molecule has 15 heavy (non-hydrogen) atoms. The monoisotopic (exact) mass is 208 g/mol. The van der Waals surface area contributed by atoms with Crippen molar-refractivity contribution in [1.82, 2.24) is 4.98 Å². The van der Waals surface area contributed by atoms with E-state index in [1.165, 1.54) is 0 Å². The minimum Gasteiger partial charge on any atom is -0.495 e. The lowest BCUT2D eigenvalue weighted by molar-refractivity contribution is 0.389. The summed E-state index contributed by atoms with van der Waals surface area (Å²) in [5.74, 6) is 1.69. The van der Waals surface area contributed by atoms with Gasteiger partial charge in [-0.1, -0.05) is 20.8 Å². The predicted molar refractivity (Wildman–Crippen MR) is 63.4 cm³/mol. The highest BCUT2D eigenvalue weighted by atomic mass is 16.5. The highest BCUT2D eigenvalue weighted by Crippen LogP contribution is 2.18. The van der Waals surface area contributed by atoms with Crippen molar-refractivity contribution in [3.63, 3.8) is 0 Å². The van der Waals surface area contributed by atoms with Gasteiger partial charge in [-0.2, -0.15) is 0 Å². The number of hydrogen-bond acceptors (Lipinski definition) is 3. The van der Waals surface area contributed by atoms with Crippen molar-refractivity contribution in [2.24, 2.45) is 5.41 Å². The van der Waals surface area contributed by atoms with Gasteiger partial charge in [0.15, 0.2) is 0 Å². The molecule has 84 valence electrons. The quantitative estimate of drug-likeness (QED) is 0.826. The number of hydrogen-bond donors (Lipinski definition) is 1. The maximum Gasteiger partial charge on any atom is 0.137 e. The van der Waals surface area contributed by atoms with Crippen LogP contribution in [0, 0.1) is 5.41 Å². The maximum absolute atomic E-state index is 5.04. The van der Waals surface area contributed by atoms with E-state index in [-0.39, 0.29) is 0 Å². The van der Waals surface area contributed by atoms with Crippen LogP contribution < -0.4 is 10.1 Å². The fraction of sp³-hybridized carbons (Fsp3) is 0.583. The van der Waals surface area contributed by atoms with Crippen molar-refractivity contribution in [3.8, 4) is 5.75 Å². The molecule has 0 aromatic carbocycles. The van der Waals surface area contributed by atoms with E-state index in [1.807, 2.05) is 12.1 Å². The number of aromatic nitrogens is 1. The summed E-state index contributed by atoms with van der Waals surface area (Å²) in [5, 5.41) is 3.29. The van der Waals surface area contributed by atoms with Crippen LogP contribution in [0.5, 0.6) is 5.75 Å². The number of ether oxygens (including phenoxy) is 1. The lowest BCUT2D eigenvalue weighted by Crippen LogP contribution is -2.13. The van der Waals surface area contributed by atoms with Crippen LogP contribution >= 0.6 is 0 Å². The van der Waals surface area contributed by atoms with E-state index >= 15 is 0 Å². The first-order valence-corrected chi connectivity index (χ1v) is 5.25. The van der Waals surface area contributed by atoms with Crippen molar-refractivity contribution in [2.75, 3.05) is 19.0 Å². The normalized spacial score (nSPS) is 11.2. The molecule has 1 aromatic rings. The largest absolute Gasteiger partial charge is 0.495 e. The van der Waals surface area contributed by atoms with Crippen LogP contribution in [0.1, 0.15) is 27.2 Å². The Morgan fingerprint density at radius 1 is 1.33 bits per heavy atom. The molecule has 3 nitrogen and oxygen atoms in total. The maximum atomic E-state index is 5.04. The molecule has 1 heterocycles.